The lowest BCUT2D eigenvalue weighted by atomic mass is 10.1. The smallest absolute Gasteiger partial charge is 0.264 e. The summed E-state index contributed by atoms with van der Waals surface area (Å²) >= 11 is 0. The molecule has 0 heterocycles. The second-order valence-electron chi connectivity index (χ2n) is 9.20. The van der Waals surface area contributed by atoms with Gasteiger partial charge in [0, 0.05) is 0 Å². The minimum absolute atomic E-state index is 0.201. The van der Waals surface area contributed by atoms with Crippen LogP contribution >= 0.6 is 0 Å². The van der Waals surface area contributed by atoms with E-state index in [1.54, 1.807) is 0 Å². The summed E-state index contributed by atoms with van der Waals surface area (Å²) in [5.74, 6) is -0.201. The Kier molecular flexibility index (Phi) is 22.6. The first-order valence-electron chi connectivity index (χ1n) is 12.5. The van der Waals surface area contributed by atoms with Gasteiger partial charge >= 0.3 is 0 Å². The van der Waals surface area contributed by atoms with Gasteiger partial charge in [0.2, 0.25) is 0 Å². The number of hydrogen-bond donors (Lipinski definition) is 1. The molecule has 1 N–H and O–H groups in total. The maximum absolute atomic E-state index is 9.56. The predicted molar refractivity (Wildman–Crippen MR) is 129 cm³/mol. The molecular weight excluding hydrogens is 382 g/mol. The van der Waals surface area contributed by atoms with Crippen LogP contribution in [0.4, 0.5) is 0 Å². The fourth-order valence-electron chi connectivity index (χ4n) is 3.46. The molecule has 0 aliphatic rings. The number of nitrogens with zero attached hydrogens (tertiary/aromatic N) is 1. The van der Waals surface area contributed by atoms with Crippen LogP contribution in [0.25, 0.3) is 0 Å². The van der Waals surface area contributed by atoms with Gasteiger partial charge in [0.25, 0.3) is 10.1 Å². The van der Waals surface area contributed by atoms with Crippen molar-refractivity contribution >= 4 is 10.1 Å². The summed E-state index contributed by atoms with van der Waals surface area (Å²) in [7, 11) is 1.20. The molecule has 0 aromatic carbocycles. The second-order valence-corrected chi connectivity index (χ2v) is 10.9. The van der Waals surface area contributed by atoms with E-state index in [1.165, 1.54) is 127 Å². The van der Waals surface area contributed by atoms with Gasteiger partial charge in [0.15, 0.2) is 0 Å². The highest BCUT2D eigenvalue weighted by Gasteiger charge is 2.13. The van der Waals surface area contributed by atoms with Crippen LogP contribution in [0, 0.1) is 0 Å². The molecule has 5 heteroatoms. The minimum atomic E-state index is -3.66. The zero-order valence-electron chi connectivity index (χ0n) is 20.6. The largest absolute Gasteiger partial charge is 0.328 e. The van der Waals surface area contributed by atoms with E-state index >= 15 is 0 Å². The molecular formula is C24H54NO3S+. The van der Waals surface area contributed by atoms with E-state index in [0.717, 1.165) is 0 Å². The molecule has 0 saturated carbocycles. The van der Waals surface area contributed by atoms with Crippen molar-refractivity contribution in [3.8, 4) is 0 Å². The molecule has 0 aromatic rings. The maximum atomic E-state index is 9.56. The Hall–Kier alpha value is -0.130. The molecule has 0 fully saturated rings. The molecule has 0 amide bonds. The van der Waals surface area contributed by atoms with Crippen molar-refractivity contribution in [1.82, 2.24) is 0 Å². The predicted octanol–water partition coefficient (Wildman–Crippen LogP) is 7.24. The van der Waals surface area contributed by atoms with E-state index in [9.17, 15) is 8.42 Å². The molecule has 4 nitrogen and oxygen atoms in total. The van der Waals surface area contributed by atoms with Crippen molar-refractivity contribution in [2.45, 2.75) is 124 Å². The van der Waals surface area contributed by atoms with Crippen molar-refractivity contribution < 1.29 is 17.5 Å². The summed E-state index contributed by atoms with van der Waals surface area (Å²) in [5.41, 5.74) is 0. The summed E-state index contributed by atoms with van der Waals surface area (Å²) in [6.07, 6.45) is 23.0. The summed E-state index contributed by atoms with van der Waals surface area (Å²) in [6, 6.07) is 0. The second kappa shape index (κ2) is 21.1. The molecule has 0 radical (unpaired) electrons. The molecule has 0 unspecified atom stereocenters. The first-order valence-corrected chi connectivity index (χ1v) is 14.1. The lowest BCUT2D eigenvalue weighted by molar-refractivity contribution is -0.890. The van der Waals surface area contributed by atoms with Crippen LogP contribution in [0.2, 0.25) is 0 Å². The van der Waals surface area contributed by atoms with Crippen LogP contribution in [-0.2, 0) is 10.1 Å². The van der Waals surface area contributed by atoms with Gasteiger partial charge < -0.3 is 4.48 Å². The van der Waals surface area contributed by atoms with E-state index in [4.69, 9.17) is 4.55 Å². The summed E-state index contributed by atoms with van der Waals surface area (Å²) in [5, 5.41) is 0. The van der Waals surface area contributed by atoms with Crippen molar-refractivity contribution in [2.75, 3.05) is 32.9 Å². The van der Waals surface area contributed by atoms with Gasteiger partial charge in [-0.1, -0.05) is 90.9 Å². The maximum Gasteiger partial charge on any atom is 0.264 e. The molecule has 0 atom stereocenters. The van der Waals surface area contributed by atoms with Gasteiger partial charge in [0.05, 0.1) is 32.9 Å². The summed E-state index contributed by atoms with van der Waals surface area (Å²) in [6.45, 7) is 8.73. The summed E-state index contributed by atoms with van der Waals surface area (Å²) < 4.78 is 28.2. The Morgan fingerprint density at radius 2 is 0.793 bits per heavy atom. The highest BCUT2D eigenvalue weighted by Crippen LogP contribution is 2.13. The molecule has 0 aromatic heterocycles. The monoisotopic (exact) mass is 436 g/mol. The van der Waals surface area contributed by atoms with Gasteiger partial charge in [-0.2, -0.15) is 8.42 Å². The standard InChI is InChI=1S/C22H48N.C2H6O3S/c1-5-7-9-11-13-15-17-19-21-23(3,4)22-20-18-16-14-12-10-8-6-2;1-2-6(3,4)5/h5-22H2,1-4H3;2H2,1H3,(H,3,4,5)/q+1;. The zero-order valence-corrected chi connectivity index (χ0v) is 21.4. The van der Waals surface area contributed by atoms with Crippen LogP contribution in [0.5, 0.6) is 0 Å². The molecule has 0 bridgehead atoms. The SMILES string of the molecule is CCCCCCCCCC[N+](C)(C)CCCCCCCCCC.CCS(=O)(=O)O. The van der Waals surface area contributed by atoms with Gasteiger partial charge in [-0.3, -0.25) is 4.55 Å². The molecule has 29 heavy (non-hydrogen) atoms. The highest BCUT2D eigenvalue weighted by atomic mass is 32.2. The number of quaternary nitrogens is 1. The van der Waals surface area contributed by atoms with E-state index in [1.807, 2.05) is 0 Å². The van der Waals surface area contributed by atoms with E-state index in [2.05, 4.69) is 27.9 Å². The summed E-state index contributed by atoms with van der Waals surface area (Å²) in [4.78, 5) is 0. The van der Waals surface area contributed by atoms with Crippen molar-refractivity contribution in [1.29, 1.82) is 0 Å². The first-order chi connectivity index (χ1) is 13.7. The fraction of sp³-hybridized carbons (Fsp3) is 1.00. The number of rotatable bonds is 19. The van der Waals surface area contributed by atoms with E-state index in [0.29, 0.717) is 0 Å². The number of hydrogen-bond acceptors (Lipinski definition) is 2. The first kappa shape index (κ1) is 31.1. The zero-order chi connectivity index (χ0) is 22.4. The third-order valence-electron chi connectivity index (χ3n) is 5.60. The van der Waals surface area contributed by atoms with Crippen LogP contribution in [0.15, 0.2) is 0 Å². The van der Waals surface area contributed by atoms with Gasteiger partial charge in [-0.25, -0.2) is 0 Å². The van der Waals surface area contributed by atoms with Gasteiger partial charge in [-0.05, 0) is 32.6 Å². The third-order valence-corrected chi connectivity index (χ3v) is 6.33. The quantitative estimate of drug-likeness (QED) is 0.132. The van der Waals surface area contributed by atoms with Crippen molar-refractivity contribution in [3.05, 3.63) is 0 Å². The van der Waals surface area contributed by atoms with Crippen LogP contribution in [0.1, 0.15) is 124 Å². The highest BCUT2D eigenvalue weighted by molar-refractivity contribution is 7.85. The van der Waals surface area contributed by atoms with E-state index in [-0.39, 0.29) is 5.75 Å². The molecule has 0 spiro atoms. The molecule has 0 rings (SSSR count). The van der Waals surface area contributed by atoms with E-state index < -0.39 is 10.1 Å². The number of unbranched alkanes of at least 4 members (excludes halogenated alkanes) is 14. The van der Waals surface area contributed by atoms with Crippen molar-refractivity contribution in [2.24, 2.45) is 0 Å². The van der Waals surface area contributed by atoms with Gasteiger partial charge in [-0.15, -0.1) is 0 Å². The van der Waals surface area contributed by atoms with Gasteiger partial charge in [0.1, 0.15) is 0 Å². The molecule has 0 aliphatic carbocycles. The Labute approximate surface area is 184 Å². The Bertz CT molecular complexity index is 400. The van der Waals surface area contributed by atoms with Crippen LogP contribution in [0.3, 0.4) is 0 Å². The molecule has 0 aliphatic heterocycles. The van der Waals surface area contributed by atoms with Crippen molar-refractivity contribution in [3.63, 3.8) is 0 Å². The Balaban J connectivity index is 0. The molecule has 178 valence electrons. The Morgan fingerprint density at radius 3 is 1.03 bits per heavy atom. The average molecular weight is 437 g/mol. The lowest BCUT2D eigenvalue weighted by Crippen LogP contribution is -2.41. The third kappa shape index (κ3) is 30.2. The van der Waals surface area contributed by atoms with Crippen LogP contribution in [-0.4, -0.2) is 50.4 Å². The lowest BCUT2D eigenvalue weighted by Gasteiger charge is -2.30. The molecule has 0 saturated heterocycles. The van der Waals surface area contributed by atoms with Crippen LogP contribution < -0.4 is 0 Å². The Morgan fingerprint density at radius 1 is 0.552 bits per heavy atom. The minimum Gasteiger partial charge on any atom is -0.328 e. The topological polar surface area (TPSA) is 54.4 Å². The fourth-order valence-corrected chi connectivity index (χ4v) is 3.46. The average Bonchev–Trinajstić information content (AvgIpc) is 2.66. The normalized spacial score (nSPS) is 11.9.